The Balaban J connectivity index is 3.02. The molecule has 0 spiro atoms. The van der Waals surface area contributed by atoms with Crippen LogP contribution in [0, 0.1) is 13.8 Å². The number of anilines is 1. The molecule has 76 valence electrons. The lowest BCUT2D eigenvalue weighted by molar-refractivity contribution is -0.113. The number of aryl methyl sites for hydroxylation is 2. The van der Waals surface area contributed by atoms with Crippen molar-refractivity contribution in [2.24, 2.45) is 0 Å². The molecule has 1 amide bonds. The number of nitrogens with one attached hydrogen (secondary N) is 1. The lowest BCUT2D eigenvalue weighted by atomic mass is 10.1. The van der Waals surface area contributed by atoms with E-state index in [9.17, 15) is 4.79 Å². The summed E-state index contributed by atoms with van der Waals surface area (Å²) in [6.07, 6.45) is 0. The first-order valence-corrected chi connectivity index (χ1v) is 5.50. The van der Waals surface area contributed by atoms with Gasteiger partial charge in [0.2, 0.25) is 5.91 Å². The van der Waals surface area contributed by atoms with Gasteiger partial charge in [-0.1, -0.05) is 15.9 Å². The summed E-state index contributed by atoms with van der Waals surface area (Å²) >= 11 is 8.81. The molecule has 0 aliphatic carbocycles. The maximum Gasteiger partial charge on any atom is 0.239 e. The molecule has 0 aromatic heterocycles. The van der Waals surface area contributed by atoms with E-state index in [0.717, 1.165) is 21.3 Å². The average Bonchev–Trinajstić information content (AvgIpc) is 2.10. The molecule has 1 N–H and O–H groups in total. The minimum absolute atomic E-state index is 0.0189. The van der Waals surface area contributed by atoms with Crippen molar-refractivity contribution in [2.45, 2.75) is 13.8 Å². The van der Waals surface area contributed by atoms with Crippen molar-refractivity contribution >= 4 is 39.1 Å². The van der Waals surface area contributed by atoms with Gasteiger partial charge in [-0.25, -0.2) is 0 Å². The van der Waals surface area contributed by atoms with Crippen LogP contribution in [-0.2, 0) is 4.79 Å². The molecule has 0 unspecified atom stereocenters. The van der Waals surface area contributed by atoms with E-state index in [1.807, 2.05) is 26.0 Å². The molecular weight excluding hydrogens is 265 g/mol. The number of carbonyl (C=O) groups excluding carboxylic acids is 1. The summed E-state index contributed by atoms with van der Waals surface area (Å²) in [5, 5.41) is 2.76. The predicted molar refractivity (Wildman–Crippen MR) is 63.0 cm³/mol. The Bertz CT molecular complexity index is 342. The number of amides is 1. The van der Waals surface area contributed by atoms with Crippen molar-refractivity contribution in [2.75, 3.05) is 11.2 Å². The van der Waals surface area contributed by atoms with E-state index in [0.29, 0.717) is 0 Å². The molecule has 0 aliphatic heterocycles. The number of hydrogen-bond donors (Lipinski definition) is 1. The summed E-state index contributed by atoms with van der Waals surface area (Å²) in [7, 11) is 0. The number of carbonyl (C=O) groups is 1. The van der Waals surface area contributed by atoms with E-state index in [1.165, 1.54) is 0 Å². The quantitative estimate of drug-likeness (QED) is 0.826. The predicted octanol–water partition coefficient (Wildman–Crippen LogP) is 3.24. The SMILES string of the molecule is Cc1cc(Br)cc(C)c1NC(=O)CCl. The standard InChI is InChI=1S/C10H11BrClNO/c1-6-3-8(11)4-7(2)10(6)13-9(14)5-12/h3-4H,5H2,1-2H3,(H,13,14). The van der Waals surface area contributed by atoms with Crippen LogP contribution in [0.2, 0.25) is 0 Å². The fourth-order valence-corrected chi connectivity index (χ4v) is 2.03. The Morgan fingerprint density at radius 1 is 1.43 bits per heavy atom. The van der Waals surface area contributed by atoms with Gasteiger partial charge >= 0.3 is 0 Å². The zero-order valence-electron chi connectivity index (χ0n) is 8.03. The average molecular weight is 277 g/mol. The molecule has 14 heavy (non-hydrogen) atoms. The van der Waals surface area contributed by atoms with Gasteiger partial charge < -0.3 is 5.32 Å². The van der Waals surface area contributed by atoms with E-state index in [-0.39, 0.29) is 11.8 Å². The topological polar surface area (TPSA) is 29.1 Å². The summed E-state index contributed by atoms with van der Waals surface area (Å²) in [5.74, 6) is -0.199. The summed E-state index contributed by atoms with van der Waals surface area (Å²) in [4.78, 5) is 11.1. The summed E-state index contributed by atoms with van der Waals surface area (Å²) < 4.78 is 1.01. The van der Waals surface area contributed by atoms with Gasteiger partial charge in [0.25, 0.3) is 0 Å². The molecule has 0 heterocycles. The van der Waals surface area contributed by atoms with Crippen LogP contribution in [0.1, 0.15) is 11.1 Å². The van der Waals surface area contributed by atoms with Crippen LogP contribution in [0.4, 0.5) is 5.69 Å². The first-order chi connectivity index (χ1) is 6.54. The van der Waals surface area contributed by atoms with Crippen LogP contribution in [0.3, 0.4) is 0 Å². The van der Waals surface area contributed by atoms with Crippen molar-refractivity contribution in [1.82, 2.24) is 0 Å². The van der Waals surface area contributed by atoms with Gasteiger partial charge in [0.05, 0.1) is 0 Å². The van der Waals surface area contributed by atoms with Gasteiger partial charge in [0, 0.05) is 10.2 Å². The number of rotatable bonds is 2. The van der Waals surface area contributed by atoms with Crippen LogP contribution in [0.15, 0.2) is 16.6 Å². The van der Waals surface area contributed by atoms with Crippen LogP contribution in [0.25, 0.3) is 0 Å². The largest absolute Gasteiger partial charge is 0.325 e. The number of hydrogen-bond acceptors (Lipinski definition) is 1. The van der Waals surface area contributed by atoms with Crippen molar-refractivity contribution in [3.8, 4) is 0 Å². The highest BCUT2D eigenvalue weighted by Crippen LogP contribution is 2.24. The molecule has 4 heteroatoms. The first-order valence-electron chi connectivity index (χ1n) is 4.17. The van der Waals surface area contributed by atoms with E-state index in [4.69, 9.17) is 11.6 Å². The van der Waals surface area contributed by atoms with Crippen LogP contribution in [-0.4, -0.2) is 11.8 Å². The van der Waals surface area contributed by atoms with E-state index in [2.05, 4.69) is 21.2 Å². The van der Waals surface area contributed by atoms with Gasteiger partial charge in [0.1, 0.15) is 5.88 Å². The van der Waals surface area contributed by atoms with E-state index in [1.54, 1.807) is 0 Å². The molecule has 0 saturated carbocycles. The highest BCUT2D eigenvalue weighted by Gasteiger charge is 2.06. The molecule has 0 bridgehead atoms. The third-order valence-electron chi connectivity index (χ3n) is 1.88. The van der Waals surface area contributed by atoms with Gasteiger partial charge in [-0.2, -0.15) is 0 Å². The fourth-order valence-electron chi connectivity index (χ4n) is 1.28. The van der Waals surface area contributed by atoms with Crippen LogP contribution in [0.5, 0.6) is 0 Å². The van der Waals surface area contributed by atoms with Gasteiger partial charge in [-0.3, -0.25) is 4.79 Å². The minimum Gasteiger partial charge on any atom is -0.325 e. The highest BCUT2D eigenvalue weighted by atomic mass is 79.9. The second kappa shape index (κ2) is 4.80. The second-order valence-corrected chi connectivity index (χ2v) is 4.28. The van der Waals surface area contributed by atoms with E-state index < -0.39 is 0 Å². The zero-order valence-corrected chi connectivity index (χ0v) is 10.4. The number of benzene rings is 1. The fraction of sp³-hybridized carbons (Fsp3) is 0.300. The van der Waals surface area contributed by atoms with E-state index >= 15 is 0 Å². The smallest absolute Gasteiger partial charge is 0.239 e. The molecule has 0 radical (unpaired) electrons. The van der Waals surface area contributed by atoms with Crippen LogP contribution >= 0.6 is 27.5 Å². The molecule has 0 aliphatic rings. The normalized spacial score (nSPS) is 10.0. The summed E-state index contributed by atoms with van der Waals surface area (Å²) in [6, 6.07) is 3.91. The maximum absolute atomic E-state index is 11.1. The summed E-state index contributed by atoms with van der Waals surface area (Å²) in [6.45, 7) is 3.89. The van der Waals surface area contributed by atoms with Gasteiger partial charge in [-0.05, 0) is 37.1 Å². The molecule has 0 fully saturated rings. The van der Waals surface area contributed by atoms with Crippen LogP contribution < -0.4 is 5.32 Å². The van der Waals surface area contributed by atoms with Crippen molar-refractivity contribution in [1.29, 1.82) is 0 Å². The Hall–Kier alpha value is -0.540. The molecule has 2 nitrogen and oxygen atoms in total. The highest BCUT2D eigenvalue weighted by molar-refractivity contribution is 9.10. The van der Waals surface area contributed by atoms with Crippen molar-refractivity contribution < 1.29 is 4.79 Å². The Kier molecular flexibility index (Phi) is 3.96. The summed E-state index contributed by atoms with van der Waals surface area (Å²) in [5.41, 5.74) is 2.89. The van der Waals surface area contributed by atoms with Crippen molar-refractivity contribution in [3.05, 3.63) is 27.7 Å². The zero-order chi connectivity index (χ0) is 10.7. The molecule has 0 saturated heterocycles. The second-order valence-electron chi connectivity index (χ2n) is 3.10. The van der Waals surface area contributed by atoms with Crippen molar-refractivity contribution in [3.63, 3.8) is 0 Å². The Labute approximate surface area is 96.8 Å². The molecular formula is C10H11BrClNO. The van der Waals surface area contributed by atoms with Gasteiger partial charge in [-0.15, -0.1) is 11.6 Å². The Morgan fingerprint density at radius 3 is 2.36 bits per heavy atom. The maximum atomic E-state index is 11.1. The first kappa shape index (κ1) is 11.5. The molecule has 1 aromatic rings. The lowest BCUT2D eigenvalue weighted by Crippen LogP contribution is -2.14. The molecule has 0 atom stereocenters. The minimum atomic E-state index is -0.180. The number of halogens is 2. The van der Waals surface area contributed by atoms with Gasteiger partial charge in [0.15, 0.2) is 0 Å². The lowest BCUT2D eigenvalue weighted by Gasteiger charge is -2.11. The molecule has 1 rings (SSSR count). The number of alkyl halides is 1. The third kappa shape index (κ3) is 2.72. The molecule has 1 aromatic carbocycles. The monoisotopic (exact) mass is 275 g/mol. The third-order valence-corrected chi connectivity index (χ3v) is 2.58. The Morgan fingerprint density at radius 2 is 1.93 bits per heavy atom.